The molecule has 0 aliphatic carbocycles. The number of Topliss-reactive ketones (excluding diaryl/α,β-unsaturated/α-hetero) is 1. The summed E-state index contributed by atoms with van der Waals surface area (Å²) in [5.74, 6) is -1.45. The van der Waals surface area contributed by atoms with Crippen LogP contribution in [0.2, 0.25) is 0 Å². The van der Waals surface area contributed by atoms with Gasteiger partial charge in [0, 0.05) is 92.0 Å². The molecule has 22 heteroatoms. The lowest BCUT2D eigenvalue weighted by Gasteiger charge is -2.30. The molecule has 3 aromatic rings. The predicted octanol–water partition coefficient (Wildman–Crippen LogP) is 6.78. The second-order valence-corrected chi connectivity index (χ2v) is 23.8. The molecular formula is C51H68N5O14S3+. The van der Waals surface area contributed by atoms with E-state index >= 15 is 0 Å². The zero-order valence-corrected chi connectivity index (χ0v) is 43.8. The third kappa shape index (κ3) is 14.6. The summed E-state index contributed by atoms with van der Waals surface area (Å²) in [6, 6.07) is 11.4. The van der Waals surface area contributed by atoms with Crippen LogP contribution in [0.1, 0.15) is 121 Å². The highest BCUT2D eigenvalue weighted by molar-refractivity contribution is 7.86. The normalized spacial score (nSPS) is 21.0. The van der Waals surface area contributed by atoms with Crippen LogP contribution in [0, 0.1) is 0 Å². The van der Waals surface area contributed by atoms with Gasteiger partial charge >= 0.3 is 0 Å². The number of hydrogen-bond acceptors (Lipinski definition) is 12. The molecule has 0 saturated carbocycles. The van der Waals surface area contributed by atoms with Crippen molar-refractivity contribution in [2.24, 2.45) is 0 Å². The Kier molecular flexibility index (Phi) is 18.7. The fraction of sp³-hybridized carbons (Fsp3) is 0.490. The van der Waals surface area contributed by atoms with Gasteiger partial charge in [0.15, 0.2) is 23.3 Å². The van der Waals surface area contributed by atoms with E-state index in [0.717, 1.165) is 16.0 Å². The second kappa shape index (κ2) is 24.1. The number of rotatable bonds is 14. The Hall–Kier alpha value is -5.65. The van der Waals surface area contributed by atoms with Gasteiger partial charge in [0.05, 0.1) is 27.5 Å². The molecule has 2 amide bonds. The molecule has 0 spiro atoms. The van der Waals surface area contributed by atoms with Crippen LogP contribution in [-0.4, -0.2) is 114 Å². The molecule has 0 radical (unpaired) electrons. The molecule has 7 N–H and O–H groups in total. The summed E-state index contributed by atoms with van der Waals surface area (Å²) < 4.78 is 107. The highest BCUT2D eigenvalue weighted by atomic mass is 32.2. The van der Waals surface area contributed by atoms with E-state index in [1.54, 1.807) is 24.3 Å². The molecule has 2 unspecified atom stereocenters. The number of amides is 2. The number of benzene rings is 2. The monoisotopic (exact) mass is 1070 g/mol. The smallest absolute Gasteiger partial charge is 0.294 e. The molecule has 3 aliphatic rings. The molecule has 6 rings (SSSR count). The topological polar surface area (TPSA) is 290 Å². The van der Waals surface area contributed by atoms with Crippen molar-refractivity contribution in [1.29, 1.82) is 0 Å². The maximum atomic E-state index is 12.8. The van der Waals surface area contributed by atoms with Crippen molar-refractivity contribution in [3.8, 4) is 11.8 Å². The van der Waals surface area contributed by atoms with Gasteiger partial charge < -0.3 is 25.7 Å². The fourth-order valence-electron chi connectivity index (χ4n) is 10.2. The predicted molar refractivity (Wildman–Crippen MR) is 275 cm³/mol. The number of nitrogens with zero attached hydrogens (tertiary/aromatic N) is 3. The minimum absolute atomic E-state index is 0.0277. The molecular weight excluding hydrogens is 1000 g/mol. The zero-order chi connectivity index (χ0) is 53.2. The number of allylic oxidation sites excluding steroid dienone is 6. The first-order valence-electron chi connectivity index (χ1n) is 24.7. The van der Waals surface area contributed by atoms with E-state index in [4.69, 9.17) is 0 Å². The average Bonchev–Trinajstić information content (AvgIpc) is 3.84. The number of hydrogen-bond donors (Lipinski definition) is 7. The second-order valence-electron chi connectivity index (χ2n) is 19.4. The van der Waals surface area contributed by atoms with Gasteiger partial charge in [0.2, 0.25) is 17.5 Å². The summed E-state index contributed by atoms with van der Waals surface area (Å²) >= 11 is 0. The minimum atomic E-state index is -4.62. The number of nitrogens with one attached hydrogen (secondary N) is 2. The molecule has 0 fully saturated rings. The first kappa shape index (κ1) is 56.6. The molecule has 1 aromatic heterocycles. The lowest BCUT2D eigenvalue weighted by molar-refractivity contribution is -0.437. The van der Waals surface area contributed by atoms with Crippen LogP contribution in [0.4, 0.5) is 11.4 Å². The molecule has 0 saturated heterocycles. The number of aromatic hydroxyl groups is 2. The summed E-state index contributed by atoms with van der Waals surface area (Å²) in [6.07, 6.45) is 16.4. The Bertz CT molecular complexity index is 3000. The highest BCUT2D eigenvalue weighted by Gasteiger charge is 2.48. The number of carbonyl (C=O) groups excluding carboxylic acids is 3. The first-order valence-corrected chi connectivity index (χ1v) is 29.2. The van der Waals surface area contributed by atoms with E-state index in [0.29, 0.717) is 99.7 Å². The molecule has 73 heavy (non-hydrogen) atoms. The van der Waals surface area contributed by atoms with Crippen LogP contribution in [0.25, 0.3) is 0 Å². The van der Waals surface area contributed by atoms with Gasteiger partial charge in [0.25, 0.3) is 30.4 Å². The summed E-state index contributed by atoms with van der Waals surface area (Å²) in [4.78, 5) is 39.8. The number of unbranched alkanes of at least 4 members (excludes halogenated alkanes) is 2. The van der Waals surface area contributed by atoms with Gasteiger partial charge in [-0.2, -0.15) is 29.8 Å². The van der Waals surface area contributed by atoms with Crippen LogP contribution in [0.3, 0.4) is 0 Å². The van der Waals surface area contributed by atoms with Crippen LogP contribution in [0.5, 0.6) is 11.8 Å². The van der Waals surface area contributed by atoms with Gasteiger partial charge in [-0.25, -0.2) is 0 Å². The minimum Gasteiger partial charge on any atom is -0.494 e. The number of aromatic nitrogens is 1. The van der Waals surface area contributed by atoms with Crippen molar-refractivity contribution >= 4 is 65.0 Å². The average molecular weight is 1070 g/mol. The molecule has 2 atom stereocenters. The van der Waals surface area contributed by atoms with Gasteiger partial charge in [0.1, 0.15) is 6.54 Å². The Labute approximate surface area is 428 Å². The van der Waals surface area contributed by atoms with E-state index in [2.05, 4.69) is 15.5 Å². The van der Waals surface area contributed by atoms with Crippen LogP contribution in [0.15, 0.2) is 94.4 Å². The lowest BCUT2D eigenvalue weighted by atomic mass is 9.75. The van der Waals surface area contributed by atoms with Crippen molar-refractivity contribution in [1.82, 2.24) is 15.2 Å². The summed E-state index contributed by atoms with van der Waals surface area (Å²) in [5, 5.41) is 25.7. The number of fused-ring (bicyclic) bond motifs is 6. The van der Waals surface area contributed by atoms with Crippen molar-refractivity contribution in [2.75, 3.05) is 36.8 Å². The third-order valence-electron chi connectivity index (χ3n) is 14.1. The Morgan fingerprint density at radius 3 is 1.96 bits per heavy atom. The summed E-state index contributed by atoms with van der Waals surface area (Å²) in [5.41, 5.74) is 2.42. The Balaban J connectivity index is 1.37. The number of carbonyl (C=O) groups is 3. The third-order valence-corrected chi connectivity index (χ3v) is 16.6. The van der Waals surface area contributed by atoms with Gasteiger partial charge in [-0.15, -0.1) is 0 Å². The number of anilines is 1. The van der Waals surface area contributed by atoms with E-state index in [-0.39, 0.29) is 91.0 Å². The summed E-state index contributed by atoms with van der Waals surface area (Å²) in [7, 11) is -13.5. The molecule has 398 valence electrons. The Morgan fingerprint density at radius 1 is 0.712 bits per heavy atom. The molecule has 0 bridgehead atoms. The fourth-order valence-corrected chi connectivity index (χ4v) is 11.8. The van der Waals surface area contributed by atoms with Crippen molar-refractivity contribution in [3.63, 3.8) is 0 Å². The molecule has 19 nitrogen and oxygen atoms in total. The first-order chi connectivity index (χ1) is 34.4. The van der Waals surface area contributed by atoms with Crippen LogP contribution >= 0.6 is 0 Å². The lowest BCUT2D eigenvalue weighted by Crippen LogP contribution is -2.34. The highest BCUT2D eigenvalue weighted by Crippen LogP contribution is 2.52. The standard InChI is InChI=1S/C51H67N5O14S3/c1-50(27-12-4-7-16-37(57)36-56-48(60)25-26-49(56)61)40-34-38(72(65,66)67)21-23-42(40)54-31-14-6-11-20-47(59)53-30-29-52-46(58)19-10-5-13-28-51(2)41-35-39(73(68,69)70)22-24-43(41)55(32-15-33-71(62,63)64)45(51)18-9-3-8-17-44(50)54/h3,8-9,17-18,21-26,34-35H,4-7,10-16,19-20,27-33,36H2,1-2H3,(H6-,52,53,58,59,60,61,62,63,64,65,66,67,68,69,70)/p+1. The van der Waals surface area contributed by atoms with E-state index in [9.17, 15) is 63.5 Å². The van der Waals surface area contributed by atoms with Crippen LogP contribution in [-0.2, 0) is 62.1 Å². The maximum Gasteiger partial charge on any atom is 0.294 e. The number of ketones is 1. The van der Waals surface area contributed by atoms with Gasteiger partial charge in [-0.1, -0.05) is 50.3 Å². The van der Waals surface area contributed by atoms with Crippen molar-refractivity contribution < 1.29 is 68.1 Å². The zero-order valence-electron chi connectivity index (χ0n) is 41.3. The summed E-state index contributed by atoms with van der Waals surface area (Å²) in [6.45, 7) is 4.89. The molecule has 3 aliphatic heterocycles. The van der Waals surface area contributed by atoms with Crippen molar-refractivity contribution in [2.45, 2.75) is 137 Å². The SMILES string of the molecule is CC1(CCCCCC(=O)Cn2c(O)ccc2O)C2=CC=CC=CC3=[N+](CCCS(=O)(=O)O)c4ccc(S(=O)(=O)O)cc4C3(C)CCCCCC(=O)NCCNC(=O)CCCCCN2c2ccc(S(=O)(=O)O)cc21. The Morgan fingerprint density at radius 2 is 1.33 bits per heavy atom. The van der Waals surface area contributed by atoms with E-state index in [1.165, 1.54) is 36.4 Å². The van der Waals surface area contributed by atoms with E-state index in [1.807, 2.05) is 36.7 Å². The van der Waals surface area contributed by atoms with Crippen molar-refractivity contribution in [3.05, 3.63) is 95.7 Å². The molecule has 2 aromatic carbocycles. The van der Waals surface area contributed by atoms with Gasteiger partial charge in [-0.05, 0) is 94.3 Å². The maximum absolute atomic E-state index is 12.8. The van der Waals surface area contributed by atoms with Crippen LogP contribution < -0.4 is 15.5 Å². The van der Waals surface area contributed by atoms with E-state index < -0.39 is 46.9 Å². The van der Waals surface area contributed by atoms with Gasteiger partial charge in [-0.3, -0.25) is 32.6 Å². The quantitative estimate of drug-likeness (QED) is 0.0498. The largest absolute Gasteiger partial charge is 0.494 e. The molecule has 4 heterocycles.